The zero-order valence-corrected chi connectivity index (χ0v) is 15.5. The first-order chi connectivity index (χ1) is 12.0. The smallest absolute Gasteiger partial charge is 0.255 e. The Morgan fingerprint density at radius 3 is 2.72 bits per heavy atom. The van der Waals surface area contributed by atoms with Gasteiger partial charge in [-0.3, -0.25) is 4.79 Å². The molecule has 25 heavy (non-hydrogen) atoms. The summed E-state index contributed by atoms with van der Waals surface area (Å²) in [7, 11) is 0. The highest BCUT2D eigenvalue weighted by Crippen LogP contribution is 2.36. The molecule has 2 fully saturated rings. The molecule has 1 aromatic rings. The molecule has 2 N–H and O–H groups in total. The first-order valence-corrected chi connectivity index (χ1v) is 9.65. The third-order valence-corrected chi connectivity index (χ3v) is 6.03. The Labute approximate surface area is 150 Å². The first-order valence-electron chi connectivity index (χ1n) is 9.65. The highest BCUT2D eigenvalue weighted by Gasteiger charge is 2.35. The molecule has 0 bridgehead atoms. The second kappa shape index (κ2) is 7.73. The van der Waals surface area contributed by atoms with Crippen molar-refractivity contribution >= 4 is 11.7 Å². The second-order valence-electron chi connectivity index (χ2n) is 8.18. The molecule has 1 amide bonds. The molecule has 1 aliphatic carbocycles. The summed E-state index contributed by atoms with van der Waals surface area (Å²) in [6, 6.07) is 3.73. The van der Waals surface area contributed by atoms with Crippen molar-refractivity contribution in [2.24, 2.45) is 11.3 Å². The molecule has 5 heteroatoms. The molecule has 138 valence electrons. The molecular formula is C20H31N3O2. The summed E-state index contributed by atoms with van der Waals surface area (Å²) in [5, 5.41) is 13.6. The summed E-state index contributed by atoms with van der Waals surface area (Å²) in [6.45, 7) is 6.78. The van der Waals surface area contributed by atoms with Crippen LogP contribution in [0.15, 0.2) is 18.3 Å². The van der Waals surface area contributed by atoms with Gasteiger partial charge in [-0.05, 0) is 43.7 Å². The Balaban J connectivity index is 1.56. The van der Waals surface area contributed by atoms with E-state index in [-0.39, 0.29) is 17.4 Å². The number of carbonyl (C=O) groups excluding carboxylic acids is 1. The number of aliphatic hydroxyl groups is 1. The molecular weight excluding hydrogens is 314 g/mol. The largest absolute Gasteiger partial charge is 0.392 e. The van der Waals surface area contributed by atoms with Gasteiger partial charge in [0.05, 0.1) is 11.7 Å². The minimum absolute atomic E-state index is 0.0839. The summed E-state index contributed by atoms with van der Waals surface area (Å²) in [5.41, 5.74) is 0.558. The van der Waals surface area contributed by atoms with Crippen LogP contribution in [0.25, 0.3) is 0 Å². The van der Waals surface area contributed by atoms with Gasteiger partial charge in [-0.2, -0.15) is 0 Å². The lowest BCUT2D eigenvalue weighted by atomic mass is 9.73. The topological polar surface area (TPSA) is 65.5 Å². The van der Waals surface area contributed by atoms with Crippen molar-refractivity contribution in [1.82, 2.24) is 9.88 Å². The average molecular weight is 345 g/mol. The van der Waals surface area contributed by atoms with Gasteiger partial charge in [-0.15, -0.1) is 0 Å². The third kappa shape index (κ3) is 4.32. The van der Waals surface area contributed by atoms with E-state index in [9.17, 15) is 9.90 Å². The summed E-state index contributed by atoms with van der Waals surface area (Å²) < 4.78 is 0. The molecule has 1 saturated carbocycles. The number of aliphatic hydroxyl groups excluding tert-OH is 1. The van der Waals surface area contributed by atoms with E-state index in [2.05, 4.69) is 24.1 Å². The van der Waals surface area contributed by atoms with Crippen molar-refractivity contribution in [2.75, 3.05) is 25.0 Å². The van der Waals surface area contributed by atoms with Gasteiger partial charge < -0.3 is 15.3 Å². The van der Waals surface area contributed by atoms with Crippen molar-refractivity contribution in [3.05, 3.63) is 23.9 Å². The number of likely N-dealkylation sites (tertiary alicyclic amines) is 1. The summed E-state index contributed by atoms with van der Waals surface area (Å²) >= 11 is 0. The van der Waals surface area contributed by atoms with Crippen molar-refractivity contribution in [3.63, 3.8) is 0 Å². The van der Waals surface area contributed by atoms with Crippen LogP contribution in [0, 0.1) is 11.3 Å². The Morgan fingerprint density at radius 2 is 2.08 bits per heavy atom. The number of nitrogens with one attached hydrogen (secondary N) is 1. The van der Waals surface area contributed by atoms with Gasteiger partial charge in [0, 0.05) is 31.2 Å². The molecule has 1 saturated heterocycles. The number of anilines is 1. The number of hydrogen-bond acceptors (Lipinski definition) is 4. The Kier molecular flexibility index (Phi) is 5.62. The maximum atomic E-state index is 12.5. The van der Waals surface area contributed by atoms with Crippen LogP contribution < -0.4 is 5.32 Å². The fraction of sp³-hybridized carbons (Fsp3) is 0.700. The van der Waals surface area contributed by atoms with E-state index in [1.165, 1.54) is 6.42 Å². The van der Waals surface area contributed by atoms with E-state index in [0.29, 0.717) is 18.0 Å². The summed E-state index contributed by atoms with van der Waals surface area (Å²) in [5.74, 6) is 1.56. The van der Waals surface area contributed by atoms with Gasteiger partial charge >= 0.3 is 0 Å². The van der Waals surface area contributed by atoms with Gasteiger partial charge in [0.1, 0.15) is 5.82 Å². The zero-order chi connectivity index (χ0) is 17.9. The summed E-state index contributed by atoms with van der Waals surface area (Å²) in [4.78, 5) is 18.9. The van der Waals surface area contributed by atoms with E-state index < -0.39 is 0 Å². The predicted molar refractivity (Wildman–Crippen MR) is 99.6 cm³/mol. The van der Waals surface area contributed by atoms with Gasteiger partial charge in [0.2, 0.25) is 0 Å². The van der Waals surface area contributed by atoms with Crippen LogP contribution >= 0.6 is 0 Å². The van der Waals surface area contributed by atoms with Gasteiger partial charge in [-0.25, -0.2) is 4.98 Å². The summed E-state index contributed by atoms with van der Waals surface area (Å²) in [6.07, 6.45) is 7.78. The van der Waals surface area contributed by atoms with Crippen LogP contribution in [0.4, 0.5) is 5.82 Å². The fourth-order valence-corrected chi connectivity index (χ4v) is 3.90. The number of pyridine rings is 1. The minimum atomic E-state index is -0.254. The zero-order valence-electron chi connectivity index (χ0n) is 15.5. The van der Waals surface area contributed by atoms with Gasteiger partial charge in [0.25, 0.3) is 5.91 Å². The van der Waals surface area contributed by atoms with Crippen molar-refractivity contribution in [2.45, 2.75) is 58.5 Å². The molecule has 0 aromatic carbocycles. The van der Waals surface area contributed by atoms with E-state index in [4.69, 9.17) is 0 Å². The molecule has 2 atom stereocenters. The van der Waals surface area contributed by atoms with Gasteiger partial charge in [0.15, 0.2) is 0 Å². The number of amides is 1. The number of hydrogen-bond donors (Lipinski definition) is 2. The lowest BCUT2D eigenvalue weighted by Crippen LogP contribution is -2.41. The Morgan fingerprint density at radius 1 is 1.32 bits per heavy atom. The quantitative estimate of drug-likeness (QED) is 0.879. The van der Waals surface area contributed by atoms with Gasteiger partial charge in [-0.1, -0.05) is 26.7 Å². The van der Waals surface area contributed by atoms with E-state index >= 15 is 0 Å². The van der Waals surface area contributed by atoms with Crippen LogP contribution in [0.5, 0.6) is 0 Å². The van der Waals surface area contributed by atoms with Crippen molar-refractivity contribution in [3.8, 4) is 0 Å². The normalized spacial score (nSPS) is 28.0. The highest BCUT2D eigenvalue weighted by atomic mass is 16.3. The number of carbonyl (C=O) groups is 1. The monoisotopic (exact) mass is 345 g/mol. The van der Waals surface area contributed by atoms with Crippen LogP contribution in [0.2, 0.25) is 0 Å². The number of nitrogens with zero attached hydrogens (tertiary/aromatic N) is 2. The Hall–Kier alpha value is -1.62. The van der Waals surface area contributed by atoms with Crippen LogP contribution in [-0.2, 0) is 0 Å². The lowest BCUT2D eigenvalue weighted by Gasteiger charge is -2.38. The number of aromatic nitrogens is 1. The highest BCUT2D eigenvalue weighted by molar-refractivity contribution is 5.94. The lowest BCUT2D eigenvalue weighted by molar-refractivity contribution is 0.00958. The minimum Gasteiger partial charge on any atom is -0.392 e. The molecule has 0 spiro atoms. The van der Waals surface area contributed by atoms with Crippen LogP contribution in [0.1, 0.15) is 62.7 Å². The molecule has 2 unspecified atom stereocenters. The molecule has 5 nitrogen and oxygen atoms in total. The molecule has 3 rings (SSSR count). The van der Waals surface area contributed by atoms with Crippen LogP contribution in [-0.4, -0.2) is 46.6 Å². The average Bonchev–Trinajstić information content (AvgIpc) is 2.63. The predicted octanol–water partition coefficient (Wildman–Crippen LogP) is 3.31. The van der Waals surface area contributed by atoms with Crippen molar-refractivity contribution in [1.29, 1.82) is 0 Å². The standard InChI is InChI=1S/C20H31N3O2/c1-15-8-11-23(12-9-15)19(25)16-6-7-18(21-13-16)22-14-20(2)10-4-3-5-17(20)24/h6-7,13,15,17,24H,3-5,8-12,14H2,1-2H3,(H,21,22). The SMILES string of the molecule is CC1CCN(C(=O)c2ccc(NCC3(C)CCCCC3O)nc2)CC1. The molecule has 0 radical (unpaired) electrons. The molecule has 1 aliphatic heterocycles. The Bertz CT molecular complexity index is 581. The fourth-order valence-electron chi connectivity index (χ4n) is 3.90. The van der Waals surface area contributed by atoms with Crippen molar-refractivity contribution < 1.29 is 9.90 Å². The maximum absolute atomic E-state index is 12.5. The maximum Gasteiger partial charge on any atom is 0.255 e. The third-order valence-electron chi connectivity index (χ3n) is 6.03. The van der Waals surface area contributed by atoms with E-state index in [1.54, 1.807) is 6.20 Å². The number of piperidine rings is 1. The number of rotatable bonds is 4. The molecule has 2 aliphatic rings. The molecule has 2 heterocycles. The second-order valence-corrected chi connectivity index (χ2v) is 8.18. The first kappa shape index (κ1) is 18.2. The molecule has 1 aromatic heterocycles. The van der Waals surface area contributed by atoms with Crippen LogP contribution in [0.3, 0.4) is 0 Å². The van der Waals surface area contributed by atoms with E-state index in [0.717, 1.165) is 51.0 Å². The van der Waals surface area contributed by atoms with E-state index in [1.807, 2.05) is 17.0 Å².